The Bertz CT molecular complexity index is 7030. The van der Waals surface area contributed by atoms with Crippen LogP contribution in [0.25, 0.3) is 166 Å². The van der Waals surface area contributed by atoms with E-state index < -0.39 is 7.12 Å². The van der Waals surface area contributed by atoms with Gasteiger partial charge in [-0.25, -0.2) is 0 Å². The first-order chi connectivity index (χ1) is 53.8. The van der Waals surface area contributed by atoms with Crippen LogP contribution in [-0.2, 0) is 10.8 Å². The number of halogens is 1. The molecule has 0 radical (unpaired) electrons. The zero-order valence-electron chi connectivity index (χ0n) is 61.3. The van der Waals surface area contributed by atoms with Crippen molar-refractivity contribution in [1.82, 2.24) is 18.3 Å². The largest absolute Gasteiger partial charge is 0.488 e. The van der Waals surface area contributed by atoms with Crippen LogP contribution < -0.4 is 5.46 Å². The predicted molar refractivity (Wildman–Crippen MR) is 472 cm³/mol. The predicted octanol–water partition coefficient (Wildman–Crippen LogP) is 26.1. The van der Waals surface area contributed by atoms with Crippen molar-refractivity contribution in [2.45, 2.75) is 46.0 Å². The molecule has 0 aliphatic heterocycles. The quantitative estimate of drug-likeness (QED) is 0.149. The number of fused-ring (bicyclic) bond motifs is 18. The Balaban J connectivity index is 0.000000122. The van der Waals surface area contributed by atoms with Crippen LogP contribution in [-0.4, -0.2) is 35.4 Å². The van der Waals surface area contributed by atoms with Crippen molar-refractivity contribution in [3.63, 3.8) is 0 Å². The van der Waals surface area contributed by atoms with Crippen LogP contribution in [0.1, 0.15) is 57.4 Å². The molecule has 20 aromatic rings. The van der Waals surface area contributed by atoms with Gasteiger partial charge < -0.3 is 28.3 Å². The lowest BCUT2D eigenvalue weighted by Crippen LogP contribution is -2.29. The minimum Gasteiger partial charge on any atom is -0.423 e. The second-order valence-electron chi connectivity index (χ2n) is 30.3. The highest BCUT2D eigenvalue weighted by atomic mass is 79.9. The lowest BCUT2D eigenvalue weighted by Gasteiger charge is -2.21. The van der Waals surface area contributed by atoms with E-state index in [2.05, 4.69) is 377 Å². The molecular weight excluding hydrogens is 1420 g/mol. The minimum absolute atomic E-state index is 0. The van der Waals surface area contributed by atoms with Gasteiger partial charge in [-0.3, -0.25) is 0 Å². The summed E-state index contributed by atoms with van der Waals surface area (Å²) in [5.41, 5.74) is 32.9. The Morgan fingerprint density at radius 3 is 0.982 bits per heavy atom. The molecule has 532 valence electrons. The van der Waals surface area contributed by atoms with E-state index in [0.29, 0.717) is 5.46 Å². The fourth-order valence-electron chi connectivity index (χ4n) is 18.0. The number of benzene rings is 16. The van der Waals surface area contributed by atoms with E-state index in [-0.39, 0.29) is 18.3 Å². The number of para-hydroxylation sites is 4. The van der Waals surface area contributed by atoms with Gasteiger partial charge >= 0.3 is 7.12 Å². The molecule has 4 aromatic heterocycles. The third-order valence-corrected chi connectivity index (χ3v) is 23.9. The van der Waals surface area contributed by atoms with Gasteiger partial charge in [-0.05, 0) is 217 Å². The average Bonchev–Trinajstić information content (AvgIpc) is 1.54. The second-order valence-corrected chi connectivity index (χ2v) is 31.2. The van der Waals surface area contributed by atoms with Gasteiger partial charge in [0.15, 0.2) is 0 Å². The monoisotopic (exact) mass is 1490 g/mol. The summed E-state index contributed by atoms with van der Waals surface area (Å²) in [6.07, 6.45) is 0. The molecule has 6 nitrogen and oxygen atoms in total. The van der Waals surface area contributed by atoms with Crippen molar-refractivity contribution < 1.29 is 10.0 Å². The first kappa shape index (κ1) is 68.7. The molecule has 0 amide bonds. The van der Waals surface area contributed by atoms with Crippen LogP contribution >= 0.6 is 15.9 Å². The molecule has 0 saturated carbocycles. The molecule has 0 fully saturated rings. The molecule has 0 atom stereocenters. The average molecular weight is 1490 g/mol. The third kappa shape index (κ3) is 11.3. The molecular formula is C103H78BBrN4O2. The van der Waals surface area contributed by atoms with E-state index in [4.69, 9.17) is 0 Å². The Morgan fingerprint density at radius 2 is 0.541 bits per heavy atom. The standard InChI is InChI=1S/C51H36N2.C27H20BrN.C24H18BNO2.CH4/c1-51(2)45-19-11-9-17-39(45)41-31-44-43-30-36(24-28-49(43)53(50(44)32-46(41)51)37-15-7-4-8-16-37)35-23-27-48-42(29-35)40-18-10-12-20-47(40)52(48)38-25-21-34(22-26-38)33-13-5-3-6-14-33;1-27(2)23-11-7-6-10-19(23)20-15-22-21-14-17(28)12-13-25(21)29(26(22)16-24(20)27)18-8-4-3-5-9-18;27-25(28)19-12-15-24-22(16-19)21-8-4-5-9-23(21)26(24)20-13-10-18(11-14-20)17-6-2-1-3-7-17;/h3-32H,1-2H3;3-16H,1-2H3;1-16,27-28H;1H4. The third-order valence-electron chi connectivity index (χ3n) is 23.4. The summed E-state index contributed by atoms with van der Waals surface area (Å²) >= 11 is 3.68. The Morgan fingerprint density at radius 1 is 0.234 bits per heavy atom. The highest BCUT2D eigenvalue weighted by molar-refractivity contribution is 9.10. The van der Waals surface area contributed by atoms with Gasteiger partial charge in [0.05, 0.1) is 44.1 Å². The maximum absolute atomic E-state index is 9.57. The summed E-state index contributed by atoms with van der Waals surface area (Å²) in [6.45, 7) is 9.42. The number of hydrogen-bond donors (Lipinski definition) is 2. The van der Waals surface area contributed by atoms with Crippen molar-refractivity contribution in [1.29, 1.82) is 0 Å². The SMILES string of the molecule is C.CC1(C)c2ccccc2-c2cc3c4cc(-c5ccc6c(c5)c5ccccc5n6-c5ccc(-c6ccccc6)cc5)ccc4n(-c4ccccc4)c3cc21.CC1(C)c2ccccc2-c2cc3c4cc(Br)ccc4n(-c4ccccc4)c3cc21.OB(O)c1ccc2c(c1)c1ccccc1n2-c1ccc(-c2ccccc2)cc1. The van der Waals surface area contributed by atoms with E-state index in [9.17, 15) is 10.0 Å². The highest BCUT2D eigenvalue weighted by Crippen LogP contribution is 2.53. The molecule has 2 N–H and O–H groups in total. The zero-order valence-corrected chi connectivity index (χ0v) is 62.9. The molecule has 0 unspecified atom stereocenters. The summed E-state index contributed by atoms with van der Waals surface area (Å²) in [5, 5.41) is 28.9. The van der Waals surface area contributed by atoms with Crippen LogP contribution in [0.15, 0.2) is 368 Å². The molecule has 8 heteroatoms. The number of rotatable bonds is 8. The molecule has 22 rings (SSSR count). The Labute approximate surface area is 654 Å². The van der Waals surface area contributed by atoms with Crippen molar-refractivity contribution in [2.75, 3.05) is 0 Å². The van der Waals surface area contributed by atoms with Gasteiger partial charge in [-0.2, -0.15) is 0 Å². The molecule has 0 bridgehead atoms. The molecule has 0 saturated heterocycles. The van der Waals surface area contributed by atoms with Gasteiger partial charge in [-0.1, -0.05) is 282 Å². The first-order valence-electron chi connectivity index (χ1n) is 37.8. The summed E-state index contributed by atoms with van der Waals surface area (Å²) in [7, 11) is -1.48. The number of nitrogens with zero attached hydrogens (tertiary/aromatic N) is 4. The maximum atomic E-state index is 9.57. The normalized spacial score (nSPS) is 12.9. The van der Waals surface area contributed by atoms with Crippen molar-refractivity contribution in [2.24, 2.45) is 0 Å². The maximum Gasteiger partial charge on any atom is 0.488 e. The smallest absolute Gasteiger partial charge is 0.423 e. The Hall–Kier alpha value is -12.8. The number of hydrogen-bond acceptors (Lipinski definition) is 2. The van der Waals surface area contributed by atoms with E-state index in [0.717, 1.165) is 37.7 Å². The molecule has 16 aromatic carbocycles. The lowest BCUT2D eigenvalue weighted by molar-refractivity contribution is 0.426. The van der Waals surface area contributed by atoms with Crippen LogP contribution in [0.2, 0.25) is 0 Å². The zero-order chi connectivity index (χ0) is 74.1. The van der Waals surface area contributed by atoms with Crippen molar-refractivity contribution in [3.05, 3.63) is 391 Å². The van der Waals surface area contributed by atoms with Crippen molar-refractivity contribution >= 4 is 116 Å². The minimum atomic E-state index is -1.48. The van der Waals surface area contributed by atoms with Gasteiger partial charge in [0, 0.05) is 81.1 Å². The number of aromatic nitrogens is 4. The molecule has 2 aliphatic carbocycles. The van der Waals surface area contributed by atoms with Gasteiger partial charge in [0.25, 0.3) is 0 Å². The summed E-state index contributed by atoms with van der Waals surface area (Å²) in [5.74, 6) is 0. The fraction of sp³-hybridized carbons (Fsp3) is 0.0680. The Kier molecular flexibility index (Phi) is 16.8. The van der Waals surface area contributed by atoms with Gasteiger partial charge in [-0.15, -0.1) is 0 Å². The summed E-state index contributed by atoms with van der Waals surface area (Å²) in [6, 6.07) is 131. The topological polar surface area (TPSA) is 60.2 Å². The van der Waals surface area contributed by atoms with Crippen LogP contribution in [0, 0.1) is 0 Å². The molecule has 111 heavy (non-hydrogen) atoms. The lowest BCUT2D eigenvalue weighted by atomic mass is 9.80. The second kappa shape index (κ2) is 27.1. The van der Waals surface area contributed by atoms with Crippen LogP contribution in [0.5, 0.6) is 0 Å². The summed E-state index contributed by atoms with van der Waals surface area (Å²) < 4.78 is 10.6. The summed E-state index contributed by atoms with van der Waals surface area (Å²) in [4.78, 5) is 0. The molecule has 4 heterocycles. The first-order valence-corrected chi connectivity index (χ1v) is 38.6. The van der Waals surface area contributed by atoms with E-state index in [1.807, 2.05) is 42.5 Å². The highest BCUT2D eigenvalue weighted by Gasteiger charge is 2.38. The molecule has 2 aliphatic rings. The van der Waals surface area contributed by atoms with Crippen molar-refractivity contribution in [3.8, 4) is 78.4 Å². The van der Waals surface area contributed by atoms with Crippen LogP contribution in [0.3, 0.4) is 0 Å². The van der Waals surface area contributed by atoms with E-state index in [1.54, 1.807) is 6.07 Å². The van der Waals surface area contributed by atoms with Gasteiger partial charge in [0.2, 0.25) is 0 Å². The fourth-order valence-corrected chi connectivity index (χ4v) is 18.4. The van der Waals surface area contributed by atoms with E-state index >= 15 is 0 Å². The molecule has 0 spiro atoms. The van der Waals surface area contributed by atoms with E-state index in [1.165, 1.54) is 155 Å². The van der Waals surface area contributed by atoms with Gasteiger partial charge in [0.1, 0.15) is 0 Å². The van der Waals surface area contributed by atoms with Crippen LogP contribution in [0.4, 0.5) is 0 Å².